The average molecular weight is 329 g/mol. The summed E-state index contributed by atoms with van der Waals surface area (Å²) in [4.78, 5) is 14.5. The number of benzene rings is 2. The third-order valence-corrected chi connectivity index (χ3v) is 5.41. The van der Waals surface area contributed by atoms with Crippen LogP contribution >= 0.6 is 11.8 Å². The van der Waals surface area contributed by atoms with E-state index in [9.17, 15) is 9.18 Å². The second-order valence-electron chi connectivity index (χ2n) is 6.02. The molecular weight excluding hydrogens is 309 g/mol. The lowest BCUT2D eigenvalue weighted by Gasteiger charge is -2.24. The number of carbonyl (C=O) groups excluding carboxylic acids is 1. The maximum Gasteiger partial charge on any atom is 0.258 e. The fourth-order valence-electron chi connectivity index (χ4n) is 2.79. The van der Waals surface area contributed by atoms with Gasteiger partial charge in [-0.25, -0.2) is 4.39 Å². The van der Waals surface area contributed by atoms with Crippen LogP contribution in [0.5, 0.6) is 0 Å². The van der Waals surface area contributed by atoms with Gasteiger partial charge in [0.15, 0.2) is 0 Å². The maximum atomic E-state index is 13.9. The maximum absolute atomic E-state index is 13.9. The van der Waals surface area contributed by atoms with E-state index in [1.165, 1.54) is 11.6 Å². The van der Waals surface area contributed by atoms with Crippen LogP contribution in [0.1, 0.15) is 46.6 Å². The summed E-state index contributed by atoms with van der Waals surface area (Å²) in [6.07, 6.45) is 0. The van der Waals surface area contributed by atoms with Gasteiger partial charge in [-0.15, -0.1) is 11.8 Å². The molecule has 4 heteroatoms. The lowest BCUT2D eigenvalue weighted by molar-refractivity contribution is 0.0755. The normalized spacial score (nSPS) is 17.7. The van der Waals surface area contributed by atoms with Crippen LogP contribution in [0.2, 0.25) is 0 Å². The van der Waals surface area contributed by atoms with E-state index in [4.69, 9.17) is 0 Å². The van der Waals surface area contributed by atoms with E-state index in [0.717, 1.165) is 11.3 Å². The number of hydrogen-bond donors (Lipinski definition) is 0. The van der Waals surface area contributed by atoms with Crippen LogP contribution in [-0.2, 0) is 0 Å². The van der Waals surface area contributed by atoms with Crippen molar-refractivity contribution in [2.24, 2.45) is 0 Å². The van der Waals surface area contributed by atoms with E-state index in [0.29, 0.717) is 12.5 Å². The molecule has 0 saturated carbocycles. The van der Waals surface area contributed by atoms with E-state index in [2.05, 4.69) is 38.1 Å². The van der Waals surface area contributed by atoms with Crippen molar-refractivity contribution < 1.29 is 9.18 Å². The van der Waals surface area contributed by atoms with Crippen LogP contribution in [0.25, 0.3) is 0 Å². The van der Waals surface area contributed by atoms with Gasteiger partial charge in [0.05, 0.1) is 5.56 Å². The molecule has 1 saturated heterocycles. The van der Waals surface area contributed by atoms with Crippen molar-refractivity contribution in [3.05, 3.63) is 71.0 Å². The van der Waals surface area contributed by atoms with Gasteiger partial charge in [0, 0.05) is 12.3 Å². The molecule has 1 amide bonds. The molecule has 0 aliphatic carbocycles. The molecule has 0 radical (unpaired) electrons. The molecule has 0 spiro atoms. The van der Waals surface area contributed by atoms with Crippen molar-refractivity contribution in [3.63, 3.8) is 0 Å². The topological polar surface area (TPSA) is 20.3 Å². The third kappa shape index (κ3) is 3.27. The van der Waals surface area contributed by atoms with E-state index in [1.807, 2.05) is 0 Å². The highest BCUT2D eigenvalue weighted by Gasteiger charge is 2.32. The summed E-state index contributed by atoms with van der Waals surface area (Å²) in [6, 6.07) is 14.6. The molecule has 1 unspecified atom stereocenters. The highest BCUT2D eigenvalue weighted by atomic mass is 32.2. The van der Waals surface area contributed by atoms with Gasteiger partial charge in [-0.3, -0.25) is 4.79 Å². The number of nitrogens with zero attached hydrogens (tertiary/aromatic N) is 1. The van der Waals surface area contributed by atoms with E-state index >= 15 is 0 Å². The quantitative estimate of drug-likeness (QED) is 0.803. The van der Waals surface area contributed by atoms with Crippen LogP contribution in [0.3, 0.4) is 0 Å². The van der Waals surface area contributed by atoms with Crippen molar-refractivity contribution in [3.8, 4) is 0 Å². The number of rotatable bonds is 3. The molecule has 2 aromatic carbocycles. The van der Waals surface area contributed by atoms with Crippen molar-refractivity contribution in [1.82, 2.24) is 4.90 Å². The van der Waals surface area contributed by atoms with Gasteiger partial charge in [-0.1, -0.05) is 50.2 Å². The predicted octanol–water partition coefficient (Wildman–Crippen LogP) is 4.84. The van der Waals surface area contributed by atoms with Crippen LogP contribution in [0.4, 0.5) is 4.39 Å². The van der Waals surface area contributed by atoms with E-state index in [-0.39, 0.29) is 16.8 Å². The third-order valence-electron chi connectivity index (χ3n) is 4.14. The summed E-state index contributed by atoms with van der Waals surface area (Å²) < 4.78 is 13.9. The molecular formula is C19H20FNOS. The fourth-order valence-corrected chi connectivity index (χ4v) is 4.05. The standard InChI is InChI=1S/C19H20FNOS/c1-13(2)14-7-9-15(10-8-14)19-21(11-12-23-19)18(22)16-5-3-4-6-17(16)20/h3-10,13,19H,11-12H2,1-2H3. The van der Waals surface area contributed by atoms with Crippen molar-refractivity contribution in [2.45, 2.75) is 25.1 Å². The zero-order valence-electron chi connectivity index (χ0n) is 13.3. The number of carbonyl (C=O) groups is 1. The highest BCUT2D eigenvalue weighted by Crippen LogP contribution is 2.39. The van der Waals surface area contributed by atoms with Gasteiger partial charge in [-0.2, -0.15) is 0 Å². The van der Waals surface area contributed by atoms with Gasteiger partial charge < -0.3 is 4.90 Å². The fraction of sp³-hybridized carbons (Fsp3) is 0.316. The number of halogens is 1. The lowest BCUT2D eigenvalue weighted by atomic mass is 10.0. The van der Waals surface area contributed by atoms with E-state index < -0.39 is 5.82 Å². The van der Waals surface area contributed by atoms with Crippen LogP contribution in [-0.4, -0.2) is 23.1 Å². The van der Waals surface area contributed by atoms with Crippen LogP contribution in [0, 0.1) is 5.82 Å². The minimum absolute atomic E-state index is 0.0386. The largest absolute Gasteiger partial charge is 0.322 e. The van der Waals surface area contributed by atoms with E-state index in [1.54, 1.807) is 34.9 Å². The molecule has 1 atom stereocenters. The minimum atomic E-state index is -0.455. The Kier molecular flexibility index (Phi) is 4.71. The zero-order chi connectivity index (χ0) is 16.4. The molecule has 1 aliphatic heterocycles. The number of amides is 1. The van der Waals surface area contributed by atoms with Gasteiger partial charge in [0.2, 0.25) is 0 Å². The Labute approximate surface area is 140 Å². The smallest absolute Gasteiger partial charge is 0.258 e. The molecule has 1 aliphatic rings. The van der Waals surface area contributed by atoms with Crippen molar-refractivity contribution in [1.29, 1.82) is 0 Å². The molecule has 0 bridgehead atoms. The number of hydrogen-bond acceptors (Lipinski definition) is 2. The molecule has 23 heavy (non-hydrogen) atoms. The second-order valence-corrected chi connectivity index (χ2v) is 7.21. The monoisotopic (exact) mass is 329 g/mol. The molecule has 1 heterocycles. The lowest BCUT2D eigenvalue weighted by Crippen LogP contribution is -2.31. The molecule has 3 rings (SSSR count). The van der Waals surface area contributed by atoms with Gasteiger partial charge >= 0.3 is 0 Å². The molecule has 2 nitrogen and oxygen atoms in total. The first-order chi connectivity index (χ1) is 11.1. The molecule has 1 fully saturated rings. The van der Waals surface area contributed by atoms with Crippen molar-refractivity contribution in [2.75, 3.05) is 12.3 Å². The van der Waals surface area contributed by atoms with Gasteiger partial charge in [0.25, 0.3) is 5.91 Å². The van der Waals surface area contributed by atoms with Crippen LogP contribution < -0.4 is 0 Å². The molecule has 120 valence electrons. The van der Waals surface area contributed by atoms with Crippen molar-refractivity contribution >= 4 is 17.7 Å². The SMILES string of the molecule is CC(C)c1ccc(C2SCCN2C(=O)c2ccccc2F)cc1. The average Bonchev–Trinajstić information content (AvgIpc) is 3.04. The molecule has 0 aromatic heterocycles. The Morgan fingerprint density at radius 1 is 1.17 bits per heavy atom. The Balaban J connectivity index is 1.85. The summed E-state index contributed by atoms with van der Waals surface area (Å²) in [7, 11) is 0. The second kappa shape index (κ2) is 6.75. The first-order valence-electron chi connectivity index (χ1n) is 7.85. The van der Waals surface area contributed by atoms with Gasteiger partial charge in [-0.05, 0) is 29.2 Å². The summed E-state index contributed by atoms with van der Waals surface area (Å²) >= 11 is 1.73. The Morgan fingerprint density at radius 3 is 2.52 bits per heavy atom. The summed E-state index contributed by atoms with van der Waals surface area (Å²) in [5.74, 6) is 0.669. The zero-order valence-corrected chi connectivity index (χ0v) is 14.1. The number of thioether (sulfide) groups is 1. The minimum Gasteiger partial charge on any atom is -0.322 e. The summed E-state index contributed by atoms with van der Waals surface area (Å²) in [5.41, 5.74) is 2.53. The predicted molar refractivity (Wildman–Crippen MR) is 93.2 cm³/mol. The Morgan fingerprint density at radius 2 is 1.87 bits per heavy atom. The Hall–Kier alpha value is -1.81. The molecule has 2 aromatic rings. The summed E-state index contributed by atoms with van der Waals surface area (Å²) in [6.45, 7) is 4.97. The Bertz CT molecular complexity index is 699. The van der Waals surface area contributed by atoms with Gasteiger partial charge in [0.1, 0.15) is 11.2 Å². The summed E-state index contributed by atoms with van der Waals surface area (Å²) in [5, 5.41) is -0.0386. The first kappa shape index (κ1) is 16.1. The highest BCUT2D eigenvalue weighted by molar-refractivity contribution is 7.99. The first-order valence-corrected chi connectivity index (χ1v) is 8.90. The molecule has 0 N–H and O–H groups in total. The van der Waals surface area contributed by atoms with Crippen LogP contribution in [0.15, 0.2) is 48.5 Å².